The minimum atomic E-state index is 0.703. The molecule has 0 aromatic heterocycles. The zero-order valence-electron chi connectivity index (χ0n) is 5.43. The van der Waals surface area contributed by atoms with E-state index in [1.807, 2.05) is 0 Å². The molecule has 0 amide bonds. The number of hydrogen-bond donors (Lipinski definition) is 2. The quantitative estimate of drug-likeness (QED) is 0.480. The van der Waals surface area contributed by atoms with Crippen LogP contribution >= 0.6 is 11.6 Å². The maximum Gasteiger partial charge on any atom is 0.0410 e. The molecule has 0 atom stereocenters. The predicted molar refractivity (Wildman–Crippen MR) is 39.7 cm³/mol. The summed E-state index contributed by atoms with van der Waals surface area (Å²) < 4.78 is 0. The zero-order chi connectivity index (χ0) is 7.40. The summed E-state index contributed by atoms with van der Waals surface area (Å²) >= 11 is 5.72. The maximum atomic E-state index is 5.72. The van der Waals surface area contributed by atoms with Gasteiger partial charge in [0.1, 0.15) is 0 Å². The highest BCUT2D eigenvalue weighted by atomic mass is 35.5. The molecule has 0 aromatic carbocycles. The van der Waals surface area contributed by atoms with Crippen molar-refractivity contribution in [2.45, 2.75) is 12.8 Å². The van der Waals surface area contributed by atoms with Crippen LogP contribution in [0.5, 0.6) is 0 Å². The standard InChI is InChI=1S/C6H9ClN2O/c7-6(4-9-10-8)3-5-1-2-5/h1,4,9H,2-3,8H2/b6-4+. The molecule has 0 bridgehead atoms. The monoisotopic (exact) mass is 160 g/mol. The van der Waals surface area contributed by atoms with Crippen LogP contribution < -0.4 is 11.4 Å². The van der Waals surface area contributed by atoms with E-state index in [1.54, 1.807) is 0 Å². The second-order valence-corrected chi connectivity index (χ2v) is 2.56. The molecule has 0 heterocycles. The largest absolute Gasteiger partial charge is 0.254 e. The van der Waals surface area contributed by atoms with Crippen LogP contribution in [0.4, 0.5) is 0 Å². The normalized spacial score (nSPS) is 16.6. The topological polar surface area (TPSA) is 47.3 Å². The average molecular weight is 161 g/mol. The van der Waals surface area contributed by atoms with Crippen LogP contribution in [-0.4, -0.2) is 0 Å². The first-order valence-electron chi connectivity index (χ1n) is 2.96. The average Bonchev–Trinajstić information content (AvgIpc) is 2.67. The summed E-state index contributed by atoms with van der Waals surface area (Å²) in [5, 5.41) is 0.703. The highest BCUT2D eigenvalue weighted by Crippen LogP contribution is 2.27. The number of nitrogens with two attached hydrogens (primary N) is 1. The minimum absolute atomic E-state index is 0.703. The van der Waals surface area contributed by atoms with Gasteiger partial charge in [0.15, 0.2) is 0 Å². The summed E-state index contributed by atoms with van der Waals surface area (Å²) in [6, 6.07) is 0. The first-order chi connectivity index (χ1) is 4.83. The fourth-order valence-corrected chi connectivity index (χ4v) is 0.799. The first-order valence-corrected chi connectivity index (χ1v) is 3.34. The number of nitrogens with one attached hydrogen (secondary N) is 1. The van der Waals surface area contributed by atoms with Crippen molar-refractivity contribution in [1.82, 2.24) is 5.48 Å². The van der Waals surface area contributed by atoms with Crippen LogP contribution in [0.25, 0.3) is 0 Å². The summed E-state index contributed by atoms with van der Waals surface area (Å²) in [6.07, 6.45) is 5.55. The Morgan fingerprint density at radius 2 is 2.70 bits per heavy atom. The molecule has 1 rings (SSSR count). The Bertz CT molecular complexity index is 177. The fourth-order valence-electron chi connectivity index (χ4n) is 0.582. The Balaban J connectivity index is 2.17. The first kappa shape index (κ1) is 7.60. The summed E-state index contributed by atoms with van der Waals surface area (Å²) in [4.78, 5) is 4.08. The van der Waals surface area contributed by atoms with E-state index < -0.39 is 0 Å². The van der Waals surface area contributed by atoms with E-state index >= 15 is 0 Å². The van der Waals surface area contributed by atoms with E-state index in [0.29, 0.717) is 5.03 Å². The molecule has 56 valence electrons. The van der Waals surface area contributed by atoms with Gasteiger partial charge in [0.25, 0.3) is 0 Å². The van der Waals surface area contributed by atoms with Crippen molar-refractivity contribution < 1.29 is 4.94 Å². The van der Waals surface area contributed by atoms with Gasteiger partial charge in [0.05, 0.1) is 0 Å². The van der Waals surface area contributed by atoms with E-state index in [0.717, 1.165) is 12.8 Å². The molecule has 0 aromatic rings. The molecule has 3 N–H and O–H groups in total. The van der Waals surface area contributed by atoms with E-state index in [9.17, 15) is 0 Å². The second kappa shape index (κ2) is 3.61. The van der Waals surface area contributed by atoms with Crippen molar-refractivity contribution in [3.63, 3.8) is 0 Å². The Morgan fingerprint density at radius 3 is 3.20 bits per heavy atom. The second-order valence-electron chi connectivity index (χ2n) is 2.07. The highest BCUT2D eigenvalue weighted by Gasteiger charge is 2.07. The molecule has 10 heavy (non-hydrogen) atoms. The van der Waals surface area contributed by atoms with E-state index in [4.69, 9.17) is 17.5 Å². The minimum Gasteiger partial charge on any atom is -0.254 e. The van der Waals surface area contributed by atoms with Gasteiger partial charge in [0.2, 0.25) is 0 Å². The van der Waals surface area contributed by atoms with Crippen molar-refractivity contribution in [2.75, 3.05) is 0 Å². The van der Waals surface area contributed by atoms with E-state index in [2.05, 4.69) is 16.5 Å². The van der Waals surface area contributed by atoms with Crippen LogP contribution in [0.3, 0.4) is 0 Å². The van der Waals surface area contributed by atoms with Crippen molar-refractivity contribution in [3.8, 4) is 0 Å². The molecule has 4 heteroatoms. The molecule has 0 fully saturated rings. The number of allylic oxidation sites excluding steroid dienone is 3. The number of halogens is 1. The number of hydrogen-bond acceptors (Lipinski definition) is 3. The Hall–Kier alpha value is -0.510. The van der Waals surface area contributed by atoms with Gasteiger partial charge < -0.3 is 0 Å². The van der Waals surface area contributed by atoms with Gasteiger partial charge in [-0.3, -0.25) is 5.48 Å². The van der Waals surface area contributed by atoms with Gasteiger partial charge in [0, 0.05) is 17.7 Å². The van der Waals surface area contributed by atoms with Crippen molar-refractivity contribution in [1.29, 1.82) is 0 Å². The molecule has 0 spiro atoms. The van der Waals surface area contributed by atoms with Gasteiger partial charge in [-0.25, -0.2) is 0 Å². The molecule has 3 nitrogen and oxygen atoms in total. The maximum absolute atomic E-state index is 5.72. The third-order valence-electron chi connectivity index (χ3n) is 1.17. The lowest BCUT2D eigenvalue weighted by Gasteiger charge is -1.95. The van der Waals surface area contributed by atoms with Crippen LogP contribution in [0, 0.1) is 0 Å². The third kappa shape index (κ3) is 2.87. The molecular weight excluding hydrogens is 152 g/mol. The molecule has 0 saturated carbocycles. The van der Waals surface area contributed by atoms with Crippen LogP contribution in [-0.2, 0) is 4.94 Å². The summed E-state index contributed by atoms with van der Waals surface area (Å²) in [5.41, 5.74) is 3.70. The van der Waals surface area contributed by atoms with Crippen LogP contribution in [0.2, 0.25) is 0 Å². The van der Waals surface area contributed by atoms with Crippen LogP contribution in [0.1, 0.15) is 12.8 Å². The van der Waals surface area contributed by atoms with Gasteiger partial charge in [-0.05, 0) is 6.42 Å². The molecule has 1 aliphatic carbocycles. The number of hydroxylamine groups is 1. The SMILES string of the molecule is NON/C=C(/Cl)CC1=CC1. The molecule has 0 unspecified atom stereocenters. The fraction of sp³-hybridized carbons (Fsp3) is 0.333. The smallest absolute Gasteiger partial charge is 0.0410 e. The van der Waals surface area contributed by atoms with Gasteiger partial charge >= 0.3 is 0 Å². The Morgan fingerprint density at radius 1 is 2.00 bits per heavy atom. The molecule has 0 saturated heterocycles. The summed E-state index contributed by atoms with van der Waals surface area (Å²) in [7, 11) is 0. The van der Waals surface area contributed by atoms with Gasteiger partial charge in [-0.2, -0.15) is 10.8 Å². The lowest BCUT2D eigenvalue weighted by atomic mass is 10.3. The van der Waals surface area contributed by atoms with Gasteiger partial charge in [-0.1, -0.05) is 23.3 Å². The highest BCUT2D eigenvalue weighted by molar-refractivity contribution is 6.29. The summed E-state index contributed by atoms with van der Waals surface area (Å²) in [5.74, 6) is 4.69. The van der Waals surface area contributed by atoms with E-state index in [1.165, 1.54) is 11.8 Å². The van der Waals surface area contributed by atoms with E-state index in [-0.39, 0.29) is 0 Å². The molecule has 0 radical (unpaired) electrons. The Labute approximate surface area is 64.4 Å². The predicted octanol–water partition coefficient (Wildman–Crippen LogP) is 1.18. The van der Waals surface area contributed by atoms with Gasteiger partial charge in [-0.15, -0.1) is 0 Å². The Kier molecular flexibility index (Phi) is 2.74. The molecule has 0 aliphatic heterocycles. The number of rotatable bonds is 4. The van der Waals surface area contributed by atoms with Crippen LogP contribution in [0.15, 0.2) is 22.9 Å². The molecule has 1 aliphatic rings. The van der Waals surface area contributed by atoms with Crippen molar-refractivity contribution >= 4 is 11.6 Å². The third-order valence-corrected chi connectivity index (χ3v) is 1.42. The van der Waals surface area contributed by atoms with Crippen molar-refractivity contribution in [2.24, 2.45) is 5.90 Å². The molecular formula is C6H9ClN2O. The lowest BCUT2D eigenvalue weighted by Crippen LogP contribution is -2.12. The van der Waals surface area contributed by atoms with Crippen molar-refractivity contribution in [3.05, 3.63) is 22.9 Å². The zero-order valence-corrected chi connectivity index (χ0v) is 6.19. The lowest BCUT2D eigenvalue weighted by molar-refractivity contribution is 0.0719. The summed E-state index contributed by atoms with van der Waals surface area (Å²) in [6.45, 7) is 0.